The SMILES string of the molecule is O=C(CCC1CCNC1)N1CCc2cc(-c3ccccc3)ccc21. The van der Waals surface area contributed by atoms with Crippen LogP contribution in [0.25, 0.3) is 11.1 Å². The van der Waals surface area contributed by atoms with Crippen LogP contribution in [0.3, 0.4) is 0 Å². The van der Waals surface area contributed by atoms with Crippen LogP contribution in [0.4, 0.5) is 5.69 Å². The molecule has 3 nitrogen and oxygen atoms in total. The maximum absolute atomic E-state index is 12.6. The van der Waals surface area contributed by atoms with Gasteiger partial charge >= 0.3 is 0 Å². The fraction of sp³-hybridized carbons (Fsp3) is 0.381. The number of fused-ring (bicyclic) bond motifs is 1. The van der Waals surface area contributed by atoms with Gasteiger partial charge in [-0.25, -0.2) is 0 Å². The Bertz CT molecular complexity index is 720. The molecule has 0 aliphatic carbocycles. The highest BCUT2D eigenvalue weighted by molar-refractivity contribution is 5.95. The third kappa shape index (κ3) is 3.09. The largest absolute Gasteiger partial charge is 0.316 e. The van der Waals surface area contributed by atoms with Gasteiger partial charge in [0.05, 0.1) is 0 Å². The predicted octanol–water partition coefficient (Wildman–Crippen LogP) is 3.63. The normalized spacial score (nSPS) is 19.5. The molecule has 0 saturated carbocycles. The molecule has 2 aliphatic heterocycles. The van der Waals surface area contributed by atoms with Crippen LogP contribution in [-0.2, 0) is 11.2 Å². The molecule has 1 unspecified atom stereocenters. The third-order valence-electron chi connectivity index (χ3n) is 5.31. The molecule has 1 N–H and O–H groups in total. The molecule has 1 fully saturated rings. The lowest BCUT2D eigenvalue weighted by Gasteiger charge is -2.18. The van der Waals surface area contributed by atoms with E-state index in [2.05, 4.69) is 47.8 Å². The standard InChI is InChI=1S/C21H24N2O/c24-21(9-6-16-10-12-22-15-16)23-13-11-19-14-18(7-8-20(19)23)17-4-2-1-3-5-17/h1-5,7-8,14,16,22H,6,9-13,15H2. The van der Waals surface area contributed by atoms with Gasteiger partial charge < -0.3 is 10.2 Å². The number of rotatable bonds is 4. The summed E-state index contributed by atoms with van der Waals surface area (Å²) in [5, 5.41) is 3.38. The molecule has 2 aromatic carbocycles. The minimum absolute atomic E-state index is 0.285. The van der Waals surface area contributed by atoms with Crippen molar-refractivity contribution in [2.45, 2.75) is 25.7 Å². The van der Waals surface area contributed by atoms with Crippen molar-refractivity contribution in [3.05, 3.63) is 54.1 Å². The monoisotopic (exact) mass is 320 g/mol. The van der Waals surface area contributed by atoms with Gasteiger partial charge in [0.2, 0.25) is 5.91 Å². The van der Waals surface area contributed by atoms with Gasteiger partial charge in [0.15, 0.2) is 0 Å². The van der Waals surface area contributed by atoms with Gasteiger partial charge in [0.25, 0.3) is 0 Å². The van der Waals surface area contributed by atoms with Crippen molar-refractivity contribution < 1.29 is 4.79 Å². The van der Waals surface area contributed by atoms with Gasteiger partial charge in [0, 0.05) is 18.7 Å². The second kappa shape index (κ2) is 6.78. The van der Waals surface area contributed by atoms with Crippen molar-refractivity contribution in [2.75, 3.05) is 24.5 Å². The van der Waals surface area contributed by atoms with Crippen molar-refractivity contribution in [1.82, 2.24) is 5.32 Å². The molecule has 1 atom stereocenters. The van der Waals surface area contributed by atoms with E-state index in [1.165, 1.54) is 23.1 Å². The molecule has 124 valence electrons. The lowest BCUT2D eigenvalue weighted by Crippen LogP contribution is -2.29. The number of nitrogens with zero attached hydrogens (tertiary/aromatic N) is 1. The molecule has 4 rings (SSSR count). The zero-order chi connectivity index (χ0) is 16.4. The molecule has 0 bridgehead atoms. The molecule has 0 spiro atoms. The second-order valence-corrected chi connectivity index (χ2v) is 6.90. The fourth-order valence-corrected chi connectivity index (χ4v) is 3.89. The van der Waals surface area contributed by atoms with Crippen molar-refractivity contribution in [2.24, 2.45) is 5.92 Å². The molecule has 2 aromatic rings. The summed E-state index contributed by atoms with van der Waals surface area (Å²) < 4.78 is 0. The molecule has 1 saturated heterocycles. The van der Waals surface area contributed by atoms with Gasteiger partial charge in [-0.15, -0.1) is 0 Å². The topological polar surface area (TPSA) is 32.3 Å². The number of nitrogens with one attached hydrogen (secondary N) is 1. The lowest BCUT2D eigenvalue weighted by atomic mass is 10.0. The predicted molar refractivity (Wildman–Crippen MR) is 98.1 cm³/mol. The number of amides is 1. The second-order valence-electron chi connectivity index (χ2n) is 6.90. The molecule has 1 amide bonds. The van der Waals surface area contributed by atoms with Gasteiger partial charge in [-0.2, -0.15) is 0 Å². The Morgan fingerprint density at radius 3 is 2.79 bits per heavy atom. The van der Waals surface area contributed by atoms with Crippen LogP contribution in [0.1, 0.15) is 24.8 Å². The number of carbonyl (C=O) groups excluding carboxylic acids is 1. The van der Waals surface area contributed by atoms with E-state index in [1.54, 1.807) is 0 Å². The highest BCUT2D eigenvalue weighted by Gasteiger charge is 2.25. The quantitative estimate of drug-likeness (QED) is 0.933. The van der Waals surface area contributed by atoms with Gasteiger partial charge in [-0.3, -0.25) is 4.79 Å². The zero-order valence-electron chi connectivity index (χ0n) is 14.0. The van der Waals surface area contributed by atoms with Gasteiger partial charge in [-0.05, 0) is 67.1 Å². The van der Waals surface area contributed by atoms with E-state index in [0.29, 0.717) is 12.3 Å². The molecule has 0 aromatic heterocycles. The minimum atomic E-state index is 0.285. The first kappa shape index (κ1) is 15.4. The molecule has 0 radical (unpaired) electrons. The average Bonchev–Trinajstić information content (AvgIpc) is 3.29. The highest BCUT2D eigenvalue weighted by Crippen LogP contribution is 2.33. The Morgan fingerprint density at radius 1 is 1.12 bits per heavy atom. The Labute approximate surface area is 143 Å². The summed E-state index contributed by atoms with van der Waals surface area (Å²) >= 11 is 0. The van der Waals surface area contributed by atoms with Crippen LogP contribution in [-0.4, -0.2) is 25.5 Å². The Morgan fingerprint density at radius 2 is 2.00 bits per heavy atom. The van der Waals surface area contributed by atoms with Crippen molar-refractivity contribution in [3.8, 4) is 11.1 Å². The zero-order valence-corrected chi connectivity index (χ0v) is 14.0. The first-order valence-electron chi connectivity index (χ1n) is 9.01. The number of hydrogen-bond acceptors (Lipinski definition) is 2. The molecule has 24 heavy (non-hydrogen) atoms. The summed E-state index contributed by atoms with van der Waals surface area (Å²) in [7, 11) is 0. The van der Waals surface area contributed by atoms with E-state index in [-0.39, 0.29) is 5.91 Å². The van der Waals surface area contributed by atoms with E-state index >= 15 is 0 Å². The number of anilines is 1. The molecular weight excluding hydrogens is 296 g/mol. The Kier molecular flexibility index (Phi) is 4.35. The average molecular weight is 320 g/mol. The molecule has 2 aliphatic rings. The van der Waals surface area contributed by atoms with Crippen LogP contribution in [0, 0.1) is 5.92 Å². The summed E-state index contributed by atoms with van der Waals surface area (Å²) in [6.07, 6.45) is 3.86. The van der Waals surface area contributed by atoms with Crippen LogP contribution in [0.2, 0.25) is 0 Å². The van der Waals surface area contributed by atoms with Gasteiger partial charge in [-0.1, -0.05) is 36.4 Å². The van der Waals surface area contributed by atoms with Crippen molar-refractivity contribution >= 4 is 11.6 Å². The Hall–Kier alpha value is -2.13. The van der Waals surface area contributed by atoms with E-state index in [9.17, 15) is 4.79 Å². The van der Waals surface area contributed by atoms with Crippen LogP contribution in [0.15, 0.2) is 48.5 Å². The maximum atomic E-state index is 12.6. The fourth-order valence-electron chi connectivity index (χ4n) is 3.89. The number of benzene rings is 2. The summed E-state index contributed by atoms with van der Waals surface area (Å²) in [5.41, 5.74) is 4.89. The smallest absolute Gasteiger partial charge is 0.227 e. The third-order valence-corrected chi connectivity index (χ3v) is 5.31. The summed E-state index contributed by atoms with van der Waals surface area (Å²) in [6.45, 7) is 3.01. The van der Waals surface area contributed by atoms with Gasteiger partial charge in [0.1, 0.15) is 0 Å². The summed E-state index contributed by atoms with van der Waals surface area (Å²) in [4.78, 5) is 14.6. The maximum Gasteiger partial charge on any atom is 0.227 e. The van der Waals surface area contributed by atoms with E-state index in [4.69, 9.17) is 0 Å². The highest BCUT2D eigenvalue weighted by atomic mass is 16.2. The Balaban J connectivity index is 1.46. The van der Waals surface area contributed by atoms with Crippen LogP contribution in [0.5, 0.6) is 0 Å². The first-order chi connectivity index (χ1) is 11.8. The van der Waals surface area contributed by atoms with E-state index in [1.807, 2.05) is 11.0 Å². The van der Waals surface area contributed by atoms with E-state index in [0.717, 1.165) is 38.2 Å². The molecule has 2 heterocycles. The van der Waals surface area contributed by atoms with Crippen LogP contribution < -0.4 is 10.2 Å². The van der Waals surface area contributed by atoms with Crippen molar-refractivity contribution in [1.29, 1.82) is 0 Å². The molecular formula is C21H24N2O. The van der Waals surface area contributed by atoms with Crippen molar-refractivity contribution in [3.63, 3.8) is 0 Å². The first-order valence-corrected chi connectivity index (χ1v) is 9.01. The minimum Gasteiger partial charge on any atom is -0.316 e. The van der Waals surface area contributed by atoms with E-state index < -0.39 is 0 Å². The number of carbonyl (C=O) groups is 1. The van der Waals surface area contributed by atoms with Crippen LogP contribution >= 0.6 is 0 Å². The molecule has 3 heteroatoms. The summed E-state index contributed by atoms with van der Waals surface area (Å²) in [6, 6.07) is 17.0. The lowest BCUT2D eigenvalue weighted by molar-refractivity contribution is -0.118. The summed E-state index contributed by atoms with van der Waals surface area (Å²) in [5.74, 6) is 0.963. The number of hydrogen-bond donors (Lipinski definition) is 1.